The summed E-state index contributed by atoms with van der Waals surface area (Å²) in [4.78, 5) is 23.1. The fraction of sp³-hybridized carbons (Fsp3) is 0.259. The van der Waals surface area contributed by atoms with Gasteiger partial charge in [0.2, 0.25) is 10.0 Å². The SMILES string of the molecule is CCNS(=O)(=O)c1ccc(C(=O)N2CCOc3ccc(-c4ccc5nc(C)[nH]c5c4)cc3C2)c(C)c1. The quantitative estimate of drug-likeness (QED) is 0.424. The minimum atomic E-state index is -3.59. The van der Waals surface area contributed by atoms with Crippen LogP contribution in [0.15, 0.2) is 59.5 Å². The molecule has 0 radical (unpaired) electrons. The van der Waals surface area contributed by atoms with Crippen molar-refractivity contribution in [1.29, 1.82) is 0 Å². The maximum Gasteiger partial charge on any atom is 0.254 e. The highest BCUT2D eigenvalue weighted by molar-refractivity contribution is 7.89. The van der Waals surface area contributed by atoms with Crippen molar-refractivity contribution in [2.45, 2.75) is 32.2 Å². The minimum absolute atomic E-state index is 0.150. The molecule has 1 aliphatic heterocycles. The number of aryl methyl sites for hydroxylation is 2. The number of ether oxygens (including phenoxy) is 1. The first-order valence-corrected chi connectivity index (χ1v) is 13.4. The lowest BCUT2D eigenvalue weighted by atomic mass is 10.0. The zero-order chi connectivity index (χ0) is 25.4. The number of hydrogen-bond acceptors (Lipinski definition) is 5. The number of carbonyl (C=O) groups is 1. The fourth-order valence-corrected chi connectivity index (χ4v) is 5.68. The van der Waals surface area contributed by atoms with E-state index in [2.05, 4.69) is 26.8 Å². The molecule has 3 aromatic carbocycles. The van der Waals surface area contributed by atoms with Crippen LogP contribution in [0.3, 0.4) is 0 Å². The van der Waals surface area contributed by atoms with Crippen LogP contribution in [0.25, 0.3) is 22.2 Å². The standard InChI is InChI=1S/C27H28N4O4S/c1-4-28-36(33,34)22-7-8-23(17(2)13-22)27(32)31-11-12-35-26-10-6-19(14-21(26)16-31)20-5-9-24-25(15-20)30-18(3)29-24/h5-10,13-15,28H,4,11-12,16H2,1-3H3,(H,29,30). The molecule has 4 aromatic rings. The Kier molecular flexibility index (Phi) is 6.27. The summed E-state index contributed by atoms with van der Waals surface area (Å²) in [6, 6.07) is 16.7. The van der Waals surface area contributed by atoms with Gasteiger partial charge in [-0.1, -0.05) is 19.1 Å². The Morgan fingerprint density at radius 3 is 2.64 bits per heavy atom. The number of sulfonamides is 1. The van der Waals surface area contributed by atoms with Crippen molar-refractivity contribution < 1.29 is 17.9 Å². The lowest BCUT2D eigenvalue weighted by Gasteiger charge is -2.21. The molecule has 9 heteroatoms. The molecular weight excluding hydrogens is 476 g/mol. The van der Waals surface area contributed by atoms with E-state index in [9.17, 15) is 13.2 Å². The number of carbonyl (C=O) groups excluding carboxylic acids is 1. The molecule has 5 rings (SSSR count). The Labute approximate surface area is 210 Å². The van der Waals surface area contributed by atoms with Crippen LogP contribution in [0.1, 0.15) is 34.2 Å². The predicted octanol–water partition coefficient (Wildman–Crippen LogP) is 4.18. The van der Waals surface area contributed by atoms with Crippen LogP contribution in [0.5, 0.6) is 5.75 Å². The normalized spacial score (nSPS) is 13.8. The summed E-state index contributed by atoms with van der Waals surface area (Å²) >= 11 is 0. The van der Waals surface area contributed by atoms with Gasteiger partial charge in [-0.2, -0.15) is 0 Å². The topological polar surface area (TPSA) is 104 Å². The average Bonchev–Trinajstić information content (AvgIpc) is 3.09. The van der Waals surface area contributed by atoms with E-state index in [-0.39, 0.29) is 10.8 Å². The molecule has 0 fully saturated rings. The number of nitrogens with zero attached hydrogens (tertiary/aromatic N) is 2. The van der Waals surface area contributed by atoms with Crippen LogP contribution in [0.4, 0.5) is 0 Å². The van der Waals surface area contributed by atoms with Crippen LogP contribution in [0, 0.1) is 13.8 Å². The van der Waals surface area contributed by atoms with E-state index in [1.165, 1.54) is 6.07 Å². The first kappa shape index (κ1) is 24.0. The molecule has 186 valence electrons. The van der Waals surface area contributed by atoms with Crippen molar-refractivity contribution in [3.63, 3.8) is 0 Å². The predicted molar refractivity (Wildman–Crippen MR) is 139 cm³/mol. The van der Waals surface area contributed by atoms with E-state index in [1.54, 1.807) is 30.9 Å². The third-order valence-corrected chi connectivity index (χ3v) is 7.88. The molecule has 0 atom stereocenters. The highest BCUT2D eigenvalue weighted by Crippen LogP contribution is 2.31. The van der Waals surface area contributed by atoms with Crippen molar-refractivity contribution in [3.05, 3.63) is 77.1 Å². The van der Waals surface area contributed by atoms with E-state index < -0.39 is 10.0 Å². The third kappa shape index (κ3) is 4.59. The van der Waals surface area contributed by atoms with E-state index in [0.29, 0.717) is 37.4 Å². The number of aromatic amines is 1. The number of rotatable bonds is 5. The van der Waals surface area contributed by atoms with Crippen molar-refractivity contribution in [2.24, 2.45) is 0 Å². The number of amides is 1. The molecule has 2 heterocycles. The maximum absolute atomic E-state index is 13.5. The third-order valence-electron chi connectivity index (χ3n) is 6.33. The van der Waals surface area contributed by atoms with Gasteiger partial charge in [-0.15, -0.1) is 0 Å². The molecule has 1 aromatic heterocycles. The van der Waals surface area contributed by atoms with Gasteiger partial charge in [-0.25, -0.2) is 18.1 Å². The van der Waals surface area contributed by atoms with Crippen molar-refractivity contribution in [2.75, 3.05) is 19.7 Å². The first-order valence-electron chi connectivity index (χ1n) is 11.9. The molecule has 0 unspecified atom stereocenters. The van der Waals surface area contributed by atoms with Crippen LogP contribution < -0.4 is 9.46 Å². The molecule has 36 heavy (non-hydrogen) atoms. The fourth-order valence-electron chi connectivity index (χ4n) is 4.55. The van der Waals surface area contributed by atoms with Gasteiger partial charge in [0.15, 0.2) is 0 Å². The molecule has 8 nitrogen and oxygen atoms in total. The number of imidazole rings is 1. The van der Waals surface area contributed by atoms with Crippen LogP contribution in [-0.2, 0) is 16.6 Å². The van der Waals surface area contributed by atoms with Gasteiger partial charge in [0.25, 0.3) is 5.91 Å². The number of hydrogen-bond donors (Lipinski definition) is 2. The second-order valence-corrected chi connectivity index (χ2v) is 10.7. The van der Waals surface area contributed by atoms with Gasteiger partial charge in [0, 0.05) is 24.2 Å². The van der Waals surface area contributed by atoms with Gasteiger partial charge in [-0.05, 0) is 73.0 Å². The van der Waals surface area contributed by atoms with Crippen molar-refractivity contribution in [3.8, 4) is 16.9 Å². The van der Waals surface area contributed by atoms with E-state index >= 15 is 0 Å². The largest absolute Gasteiger partial charge is 0.491 e. The number of benzene rings is 3. The van der Waals surface area contributed by atoms with Crippen LogP contribution in [-0.4, -0.2) is 48.9 Å². The smallest absolute Gasteiger partial charge is 0.254 e. The number of H-pyrrole nitrogens is 1. The summed E-state index contributed by atoms with van der Waals surface area (Å²) in [5, 5.41) is 0. The van der Waals surface area contributed by atoms with Gasteiger partial charge < -0.3 is 14.6 Å². The average molecular weight is 505 g/mol. The zero-order valence-corrected chi connectivity index (χ0v) is 21.3. The molecule has 2 N–H and O–H groups in total. The monoisotopic (exact) mass is 504 g/mol. The number of aromatic nitrogens is 2. The summed E-state index contributed by atoms with van der Waals surface area (Å²) < 4.78 is 33.1. The van der Waals surface area contributed by atoms with Crippen molar-refractivity contribution >= 4 is 27.0 Å². The Balaban J connectivity index is 1.42. The van der Waals surface area contributed by atoms with Gasteiger partial charge in [0.1, 0.15) is 18.2 Å². The minimum Gasteiger partial charge on any atom is -0.491 e. The molecule has 0 spiro atoms. The Morgan fingerprint density at radius 2 is 1.86 bits per heavy atom. The van der Waals surface area contributed by atoms with Gasteiger partial charge in [-0.3, -0.25) is 4.79 Å². The van der Waals surface area contributed by atoms with E-state index in [1.807, 2.05) is 31.2 Å². The van der Waals surface area contributed by atoms with Crippen LogP contribution >= 0.6 is 0 Å². The summed E-state index contributed by atoms with van der Waals surface area (Å²) in [7, 11) is -3.59. The number of fused-ring (bicyclic) bond motifs is 2. The number of nitrogens with one attached hydrogen (secondary N) is 2. The molecule has 0 aliphatic carbocycles. The zero-order valence-electron chi connectivity index (χ0n) is 20.5. The lowest BCUT2D eigenvalue weighted by molar-refractivity contribution is 0.0732. The molecule has 0 saturated carbocycles. The molecular formula is C27H28N4O4S. The Morgan fingerprint density at radius 1 is 1.08 bits per heavy atom. The molecule has 0 saturated heterocycles. The van der Waals surface area contributed by atoms with E-state index in [0.717, 1.165) is 39.3 Å². The lowest BCUT2D eigenvalue weighted by Crippen LogP contribution is -2.33. The molecule has 1 amide bonds. The second kappa shape index (κ2) is 9.40. The highest BCUT2D eigenvalue weighted by Gasteiger charge is 2.24. The summed E-state index contributed by atoms with van der Waals surface area (Å²) in [6.07, 6.45) is 0. The van der Waals surface area contributed by atoms with Crippen LogP contribution in [0.2, 0.25) is 0 Å². The summed E-state index contributed by atoms with van der Waals surface area (Å²) in [5.41, 5.74) is 5.97. The Bertz CT molecular complexity index is 1580. The van der Waals surface area contributed by atoms with Gasteiger partial charge in [0.05, 0.1) is 22.5 Å². The molecule has 1 aliphatic rings. The van der Waals surface area contributed by atoms with Gasteiger partial charge >= 0.3 is 0 Å². The first-order chi connectivity index (χ1) is 17.2. The summed E-state index contributed by atoms with van der Waals surface area (Å²) in [6.45, 7) is 6.91. The maximum atomic E-state index is 13.5. The molecule has 0 bridgehead atoms. The van der Waals surface area contributed by atoms with Crippen molar-refractivity contribution in [1.82, 2.24) is 19.6 Å². The van der Waals surface area contributed by atoms with E-state index in [4.69, 9.17) is 4.74 Å². The summed E-state index contributed by atoms with van der Waals surface area (Å²) in [5.74, 6) is 1.47. The Hall–Kier alpha value is -3.69. The second-order valence-electron chi connectivity index (χ2n) is 8.93. The highest BCUT2D eigenvalue weighted by atomic mass is 32.2.